The lowest BCUT2D eigenvalue weighted by Gasteiger charge is -2.05. The molecule has 0 aliphatic heterocycles. The Labute approximate surface area is 128 Å². The maximum absolute atomic E-state index is 11.7. The maximum atomic E-state index is 11.7. The zero-order valence-corrected chi connectivity index (χ0v) is 13.4. The second-order valence-electron chi connectivity index (χ2n) is 3.70. The second-order valence-corrected chi connectivity index (χ2v) is 6.40. The van der Waals surface area contributed by atoms with Gasteiger partial charge in [-0.2, -0.15) is 0 Å². The molecule has 0 unspecified atom stereocenters. The minimum Gasteiger partial charge on any atom is -0.383 e. The Bertz CT molecular complexity index is 518. The molecule has 0 spiro atoms. The summed E-state index contributed by atoms with van der Waals surface area (Å²) in [6, 6.07) is 1.27. The third-order valence-corrected chi connectivity index (χ3v) is 4.57. The molecule has 0 aromatic carbocycles. The van der Waals surface area contributed by atoms with E-state index in [0.717, 1.165) is 11.3 Å². The van der Waals surface area contributed by atoms with E-state index < -0.39 is 10.0 Å². The summed E-state index contributed by atoms with van der Waals surface area (Å²) < 4.78 is 27.0. The molecule has 1 aromatic rings. The second kappa shape index (κ2) is 9.27. The first-order valence-electron chi connectivity index (χ1n) is 5.54. The zero-order valence-electron chi connectivity index (χ0n) is 10.9. The van der Waals surface area contributed by atoms with Crippen molar-refractivity contribution >= 4 is 39.7 Å². The first-order valence-corrected chi connectivity index (χ1v) is 7.97. The normalized spacial score (nSPS) is 10.9. The molecule has 20 heavy (non-hydrogen) atoms. The van der Waals surface area contributed by atoms with Gasteiger partial charge in [-0.05, 0) is 6.07 Å². The largest absolute Gasteiger partial charge is 0.383 e. The number of halogens is 1. The van der Waals surface area contributed by atoms with E-state index >= 15 is 0 Å². The number of carbonyl (C=O) groups is 1. The Morgan fingerprint density at radius 3 is 2.65 bits per heavy atom. The number of carbonyl (C=O) groups excluding carboxylic acids is 1. The van der Waals surface area contributed by atoms with Gasteiger partial charge >= 0.3 is 0 Å². The number of amides is 1. The van der Waals surface area contributed by atoms with Gasteiger partial charge in [0, 0.05) is 32.1 Å². The van der Waals surface area contributed by atoms with Gasteiger partial charge in [-0.3, -0.25) is 4.79 Å². The van der Waals surface area contributed by atoms with Gasteiger partial charge in [0.2, 0.25) is 10.0 Å². The molecular weight excluding hydrogens is 326 g/mol. The summed E-state index contributed by atoms with van der Waals surface area (Å²) in [4.78, 5) is 11.7. The topological polar surface area (TPSA) is 111 Å². The van der Waals surface area contributed by atoms with Crippen LogP contribution in [0.15, 0.2) is 15.7 Å². The average molecular weight is 344 g/mol. The number of nitrogens with one attached hydrogen (secondary N) is 2. The lowest BCUT2D eigenvalue weighted by Crippen LogP contribution is -2.32. The van der Waals surface area contributed by atoms with E-state index in [2.05, 4.69) is 10.6 Å². The molecule has 1 heterocycles. The number of nitrogens with two attached hydrogens (primary N) is 1. The van der Waals surface area contributed by atoms with Crippen molar-refractivity contribution in [2.45, 2.75) is 4.21 Å². The summed E-state index contributed by atoms with van der Waals surface area (Å²) in [6.07, 6.45) is 0. The summed E-state index contributed by atoms with van der Waals surface area (Å²) in [5, 5.41) is 12.2. The van der Waals surface area contributed by atoms with Gasteiger partial charge in [0.05, 0.1) is 12.2 Å². The Morgan fingerprint density at radius 2 is 2.10 bits per heavy atom. The molecular formula is C10H18ClN3O4S2. The van der Waals surface area contributed by atoms with Gasteiger partial charge < -0.3 is 15.4 Å². The maximum Gasteiger partial charge on any atom is 0.252 e. The van der Waals surface area contributed by atoms with Crippen LogP contribution in [0.4, 0.5) is 0 Å². The van der Waals surface area contributed by atoms with Gasteiger partial charge in [-0.25, -0.2) is 13.6 Å². The molecule has 4 N–H and O–H groups in total. The van der Waals surface area contributed by atoms with Crippen LogP contribution in [0.5, 0.6) is 0 Å². The van der Waals surface area contributed by atoms with E-state index in [1.807, 2.05) is 0 Å². The van der Waals surface area contributed by atoms with E-state index in [-0.39, 0.29) is 22.5 Å². The molecule has 1 amide bonds. The van der Waals surface area contributed by atoms with Crippen molar-refractivity contribution in [3.05, 3.63) is 17.0 Å². The molecule has 0 aliphatic carbocycles. The summed E-state index contributed by atoms with van der Waals surface area (Å²) in [6.45, 7) is 2.38. The molecule has 0 aliphatic rings. The number of thiophene rings is 1. The predicted octanol–water partition coefficient (Wildman–Crippen LogP) is -0.217. The van der Waals surface area contributed by atoms with E-state index in [4.69, 9.17) is 9.88 Å². The van der Waals surface area contributed by atoms with Gasteiger partial charge in [0.15, 0.2) is 0 Å². The molecule has 10 heteroatoms. The van der Waals surface area contributed by atoms with Crippen molar-refractivity contribution in [2.24, 2.45) is 5.14 Å². The Kier molecular flexibility index (Phi) is 8.94. The van der Waals surface area contributed by atoms with Gasteiger partial charge in [0.25, 0.3) is 5.91 Å². The highest BCUT2D eigenvalue weighted by Gasteiger charge is 2.14. The fourth-order valence-corrected chi connectivity index (χ4v) is 2.84. The van der Waals surface area contributed by atoms with Crippen LogP contribution in [0, 0.1) is 0 Å². The number of rotatable bonds is 8. The first kappa shape index (κ1) is 19.3. The fraction of sp³-hybridized carbons (Fsp3) is 0.500. The van der Waals surface area contributed by atoms with Crippen molar-refractivity contribution in [3.8, 4) is 0 Å². The molecule has 7 nitrogen and oxygen atoms in total. The first-order chi connectivity index (χ1) is 8.95. The van der Waals surface area contributed by atoms with Crippen molar-refractivity contribution < 1.29 is 17.9 Å². The van der Waals surface area contributed by atoms with E-state index in [0.29, 0.717) is 31.8 Å². The van der Waals surface area contributed by atoms with Crippen molar-refractivity contribution in [1.82, 2.24) is 10.6 Å². The average Bonchev–Trinajstić information content (AvgIpc) is 2.82. The zero-order chi connectivity index (χ0) is 14.3. The SMILES string of the molecule is COCCNCCNC(=O)c1csc(S(N)(=O)=O)c1.Cl. The molecule has 1 rings (SSSR count). The Hall–Kier alpha value is -0.710. The van der Waals surface area contributed by atoms with Crippen LogP contribution >= 0.6 is 23.7 Å². The van der Waals surface area contributed by atoms with Crippen LogP contribution in [-0.4, -0.2) is 47.7 Å². The van der Waals surface area contributed by atoms with Gasteiger partial charge in [-0.1, -0.05) is 0 Å². The van der Waals surface area contributed by atoms with Gasteiger partial charge in [0.1, 0.15) is 4.21 Å². The van der Waals surface area contributed by atoms with Gasteiger partial charge in [-0.15, -0.1) is 23.7 Å². The van der Waals surface area contributed by atoms with Crippen molar-refractivity contribution in [1.29, 1.82) is 0 Å². The quantitative estimate of drug-likeness (QED) is 0.565. The van der Waals surface area contributed by atoms with Crippen LogP contribution in [0.1, 0.15) is 10.4 Å². The highest BCUT2D eigenvalue weighted by Crippen LogP contribution is 2.18. The molecule has 1 aromatic heterocycles. The lowest BCUT2D eigenvalue weighted by molar-refractivity contribution is 0.0954. The smallest absolute Gasteiger partial charge is 0.252 e. The molecule has 0 fully saturated rings. The minimum absolute atomic E-state index is 0. The molecule has 0 bridgehead atoms. The number of hydrogen-bond donors (Lipinski definition) is 3. The van der Waals surface area contributed by atoms with Crippen LogP contribution in [-0.2, 0) is 14.8 Å². The third-order valence-electron chi connectivity index (χ3n) is 2.19. The molecule has 0 radical (unpaired) electrons. The lowest BCUT2D eigenvalue weighted by atomic mass is 10.3. The van der Waals surface area contributed by atoms with Crippen LogP contribution in [0.2, 0.25) is 0 Å². The van der Waals surface area contributed by atoms with Crippen molar-refractivity contribution in [2.75, 3.05) is 33.4 Å². The Balaban J connectivity index is 0.00000361. The van der Waals surface area contributed by atoms with E-state index in [1.165, 1.54) is 11.4 Å². The third kappa shape index (κ3) is 6.64. The predicted molar refractivity (Wildman–Crippen MR) is 80.0 cm³/mol. The number of primary sulfonamides is 1. The molecule has 0 saturated heterocycles. The summed E-state index contributed by atoms with van der Waals surface area (Å²) >= 11 is 0.929. The summed E-state index contributed by atoms with van der Waals surface area (Å²) in [5.41, 5.74) is 0.297. The van der Waals surface area contributed by atoms with Crippen LogP contribution < -0.4 is 15.8 Å². The van der Waals surface area contributed by atoms with Crippen molar-refractivity contribution in [3.63, 3.8) is 0 Å². The Morgan fingerprint density at radius 1 is 1.40 bits per heavy atom. The van der Waals surface area contributed by atoms with Crippen LogP contribution in [0.3, 0.4) is 0 Å². The monoisotopic (exact) mass is 343 g/mol. The summed E-state index contributed by atoms with van der Waals surface area (Å²) in [7, 11) is -2.12. The minimum atomic E-state index is -3.74. The highest BCUT2D eigenvalue weighted by molar-refractivity contribution is 7.91. The number of methoxy groups -OCH3 is 1. The standard InChI is InChI=1S/C10H17N3O4S2.ClH/c1-17-5-4-12-2-3-13-10(14)8-6-9(18-7-8)19(11,15)16;/h6-7,12H,2-5H2,1H3,(H,13,14)(H2,11,15,16);1H. The molecule has 0 saturated carbocycles. The molecule has 0 atom stereocenters. The van der Waals surface area contributed by atoms with Crippen LogP contribution in [0.25, 0.3) is 0 Å². The number of sulfonamides is 1. The fourth-order valence-electron chi connectivity index (χ4n) is 1.25. The molecule has 116 valence electrons. The number of hydrogen-bond acceptors (Lipinski definition) is 6. The number of ether oxygens (including phenoxy) is 1. The van der Waals surface area contributed by atoms with E-state index in [9.17, 15) is 13.2 Å². The summed E-state index contributed by atoms with van der Waals surface area (Å²) in [5.74, 6) is -0.320. The highest BCUT2D eigenvalue weighted by atomic mass is 35.5. The van der Waals surface area contributed by atoms with E-state index in [1.54, 1.807) is 7.11 Å².